The summed E-state index contributed by atoms with van der Waals surface area (Å²) in [6.45, 7) is 5.43. The van der Waals surface area contributed by atoms with Crippen LogP contribution in [0.25, 0.3) is 0 Å². The number of nitrogens with one attached hydrogen (secondary N) is 1. The van der Waals surface area contributed by atoms with Crippen molar-refractivity contribution in [2.24, 2.45) is 5.41 Å². The van der Waals surface area contributed by atoms with E-state index in [-0.39, 0.29) is 12.5 Å². The topological polar surface area (TPSA) is 66.4 Å². The lowest BCUT2D eigenvalue weighted by molar-refractivity contribution is -0.146. The Morgan fingerprint density at radius 1 is 1.37 bits per heavy atom. The van der Waals surface area contributed by atoms with Crippen LogP contribution in [-0.2, 0) is 16.0 Å². The van der Waals surface area contributed by atoms with E-state index < -0.39 is 11.4 Å². The number of hydrogen-bond acceptors (Lipinski definition) is 3. The fraction of sp³-hybridized carbons (Fsp3) is 0.571. The molecule has 0 fully saturated rings. The van der Waals surface area contributed by atoms with Crippen LogP contribution in [0.4, 0.5) is 0 Å². The highest BCUT2D eigenvalue weighted by Crippen LogP contribution is 2.17. The lowest BCUT2D eigenvalue weighted by Gasteiger charge is -2.19. The Hall–Kier alpha value is -1.36. The highest BCUT2D eigenvalue weighted by atomic mass is 32.1. The number of aryl methyl sites for hydroxylation is 2. The molecule has 1 heterocycles. The molecule has 0 aliphatic rings. The van der Waals surface area contributed by atoms with Gasteiger partial charge in [-0.3, -0.25) is 9.59 Å². The molecule has 0 radical (unpaired) electrons. The fourth-order valence-corrected chi connectivity index (χ4v) is 2.46. The van der Waals surface area contributed by atoms with E-state index in [0.717, 1.165) is 12.8 Å². The summed E-state index contributed by atoms with van der Waals surface area (Å²) in [6.07, 6.45) is 2.13. The van der Waals surface area contributed by atoms with Gasteiger partial charge < -0.3 is 10.4 Å². The Bertz CT molecular complexity index is 451. The van der Waals surface area contributed by atoms with Crippen LogP contribution in [0.1, 0.15) is 36.4 Å². The van der Waals surface area contributed by atoms with Crippen LogP contribution in [-0.4, -0.2) is 23.5 Å². The zero-order chi connectivity index (χ0) is 14.5. The van der Waals surface area contributed by atoms with E-state index in [1.54, 1.807) is 25.2 Å². The minimum atomic E-state index is -0.916. The van der Waals surface area contributed by atoms with Gasteiger partial charge in [-0.25, -0.2) is 0 Å². The molecule has 0 aliphatic heterocycles. The van der Waals surface area contributed by atoms with Crippen molar-refractivity contribution in [1.82, 2.24) is 5.32 Å². The lowest BCUT2D eigenvalue weighted by atomic mass is 9.94. The quantitative estimate of drug-likeness (QED) is 0.808. The maximum absolute atomic E-state index is 11.6. The van der Waals surface area contributed by atoms with Crippen LogP contribution in [0.5, 0.6) is 0 Å². The first-order valence-corrected chi connectivity index (χ1v) is 7.18. The Morgan fingerprint density at radius 3 is 2.58 bits per heavy atom. The van der Waals surface area contributed by atoms with E-state index in [1.807, 2.05) is 0 Å². The van der Waals surface area contributed by atoms with Gasteiger partial charge in [0.05, 0.1) is 5.41 Å². The minimum absolute atomic E-state index is 0.0809. The van der Waals surface area contributed by atoms with Crippen molar-refractivity contribution < 1.29 is 14.7 Å². The first kappa shape index (κ1) is 15.7. The first-order valence-electron chi connectivity index (χ1n) is 6.37. The lowest BCUT2D eigenvalue weighted by Crippen LogP contribution is -2.38. The van der Waals surface area contributed by atoms with E-state index in [0.29, 0.717) is 6.42 Å². The minimum Gasteiger partial charge on any atom is -0.481 e. The first-order chi connectivity index (χ1) is 8.81. The standard InChI is InChI=1S/C14H21NO3S/c1-10-7-8-11(19-10)5-4-6-12(16)15-9-14(2,3)13(17)18/h7-8H,4-6,9H2,1-3H3,(H,15,16)(H,17,18). The second kappa shape index (κ2) is 6.70. The molecule has 0 aliphatic carbocycles. The molecule has 106 valence electrons. The number of thiophene rings is 1. The smallest absolute Gasteiger partial charge is 0.310 e. The van der Waals surface area contributed by atoms with Crippen LogP contribution in [0.3, 0.4) is 0 Å². The molecule has 5 heteroatoms. The van der Waals surface area contributed by atoms with Crippen molar-refractivity contribution in [2.45, 2.75) is 40.0 Å². The Morgan fingerprint density at radius 2 is 2.05 bits per heavy atom. The normalized spacial score (nSPS) is 11.3. The zero-order valence-corrected chi connectivity index (χ0v) is 12.5. The molecule has 1 amide bonds. The molecule has 19 heavy (non-hydrogen) atoms. The molecule has 0 saturated carbocycles. The summed E-state index contributed by atoms with van der Waals surface area (Å²) in [5.74, 6) is -0.982. The summed E-state index contributed by atoms with van der Waals surface area (Å²) in [6, 6.07) is 4.17. The van der Waals surface area contributed by atoms with Crippen molar-refractivity contribution in [3.63, 3.8) is 0 Å². The molecule has 0 unspecified atom stereocenters. The summed E-state index contributed by atoms with van der Waals surface area (Å²) in [5.41, 5.74) is -0.916. The van der Waals surface area contributed by atoms with Gasteiger partial charge in [-0.15, -0.1) is 11.3 Å². The Kier molecular flexibility index (Phi) is 5.54. The van der Waals surface area contributed by atoms with Crippen molar-refractivity contribution >= 4 is 23.2 Å². The van der Waals surface area contributed by atoms with Crippen LogP contribution in [0, 0.1) is 12.3 Å². The molecule has 0 spiro atoms. The Balaban J connectivity index is 2.23. The van der Waals surface area contributed by atoms with E-state index in [2.05, 4.69) is 24.4 Å². The van der Waals surface area contributed by atoms with Gasteiger partial charge >= 0.3 is 5.97 Å². The van der Waals surface area contributed by atoms with Gasteiger partial charge in [-0.1, -0.05) is 0 Å². The van der Waals surface area contributed by atoms with Crippen LogP contribution < -0.4 is 5.32 Å². The summed E-state index contributed by atoms with van der Waals surface area (Å²) in [4.78, 5) is 25.1. The van der Waals surface area contributed by atoms with E-state index in [9.17, 15) is 9.59 Å². The molecular weight excluding hydrogens is 262 g/mol. The second-order valence-electron chi connectivity index (χ2n) is 5.33. The van der Waals surface area contributed by atoms with Gasteiger partial charge in [0.15, 0.2) is 0 Å². The number of carbonyl (C=O) groups excluding carboxylic acids is 1. The number of hydrogen-bond donors (Lipinski definition) is 2. The zero-order valence-electron chi connectivity index (χ0n) is 11.7. The number of carboxylic acid groups (broad SMARTS) is 1. The predicted molar refractivity (Wildman–Crippen MR) is 76.4 cm³/mol. The van der Waals surface area contributed by atoms with E-state index in [1.165, 1.54) is 9.75 Å². The molecule has 0 atom stereocenters. The molecule has 1 aromatic rings. The number of carbonyl (C=O) groups is 2. The van der Waals surface area contributed by atoms with Crippen molar-refractivity contribution in [1.29, 1.82) is 0 Å². The third-order valence-electron chi connectivity index (χ3n) is 2.93. The summed E-state index contributed by atoms with van der Waals surface area (Å²) in [7, 11) is 0. The Labute approximate surface area is 117 Å². The third-order valence-corrected chi connectivity index (χ3v) is 3.99. The SMILES string of the molecule is Cc1ccc(CCCC(=O)NCC(C)(C)C(=O)O)s1. The molecule has 0 bridgehead atoms. The van der Waals surface area contributed by atoms with Crippen LogP contribution >= 0.6 is 11.3 Å². The van der Waals surface area contributed by atoms with Gasteiger partial charge in [0.1, 0.15) is 0 Å². The second-order valence-corrected chi connectivity index (χ2v) is 6.70. The number of rotatable bonds is 7. The van der Waals surface area contributed by atoms with Gasteiger partial charge in [-0.05, 0) is 45.7 Å². The summed E-state index contributed by atoms with van der Waals surface area (Å²) < 4.78 is 0. The van der Waals surface area contributed by atoms with Crippen LogP contribution in [0.15, 0.2) is 12.1 Å². The van der Waals surface area contributed by atoms with Gasteiger partial charge in [-0.2, -0.15) is 0 Å². The molecule has 4 nitrogen and oxygen atoms in total. The molecule has 1 rings (SSSR count). The van der Waals surface area contributed by atoms with E-state index in [4.69, 9.17) is 5.11 Å². The largest absolute Gasteiger partial charge is 0.481 e. The van der Waals surface area contributed by atoms with E-state index >= 15 is 0 Å². The molecule has 0 saturated heterocycles. The van der Waals surface area contributed by atoms with Gasteiger partial charge in [0.2, 0.25) is 5.91 Å². The average molecular weight is 283 g/mol. The summed E-state index contributed by atoms with van der Waals surface area (Å²) in [5, 5.41) is 11.6. The molecule has 1 aromatic heterocycles. The van der Waals surface area contributed by atoms with Gasteiger partial charge in [0.25, 0.3) is 0 Å². The van der Waals surface area contributed by atoms with Crippen molar-refractivity contribution in [2.75, 3.05) is 6.54 Å². The number of aliphatic carboxylic acids is 1. The molecular formula is C14H21NO3S. The highest BCUT2D eigenvalue weighted by Gasteiger charge is 2.27. The maximum Gasteiger partial charge on any atom is 0.310 e. The van der Waals surface area contributed by atoms with Crippen LogP contribution in [0.2, 0.25) is 0 Å². The fourth-order valence-electron chi connectivity index (χ4n) is 1.53. The third kappa shape index (κ3) is 5.42. The molecule has 0 aromatic carbocycles. The summed E-state index contributed by atoms with van der Waals surface area (Å²) >= 11 is 1.75. The highest BCUT2D eigenvalue weighted by molar-refractivity contribution is 7.11. The van der Waals surface area contributed by atoms with Gasteiger partial charge in [0, 0.05) is 22.7 Å². The predicted octanol–water partition coefficient (Wildman–Crippen LogP) is 2.61. The maximum atomic E-state index is 11.6. The number of amides is 1. The monoisotopic (exact) mass is 283 g/mol. The van der Waals surface area contributed by atoms with Crippen molar-refractivity contribution in [3.8, 4) is 0 Å². The number of carboxylic acids is 1. The molecule has 2 N–H and O–H groups in total. The average Bonchev–Trinajstić information content (AvgIpc) is 2.72. The van der Waals surface area contributed by atoms with Crippen molar-refractivity contribution in [3.05, 3.63) is 21.9 Å².